The summed E-state index contributed by atoms with van der Waals surface area (Å²) in [6, 6.07) is 23.6. The smallest absolute Gasteiger partial charge is 0.243 e. The van der Waals surface area contributed by atoms with Crippen molar-refractivity contribution in [1.82, 2.24) is 10.2 Å². The van der Waals surface area contributed by atoms with Crippen molar-refractivity contribution in [3.05, 3.63) is 106 Å². The van der Waals surface area contributed by atoms with E-state index in [1.165, 1.54) is 0 Å². The van der Waals surface area contributed by atoms with Crippen LogP contribution in [0, 0.1) is 20.8 Å². The van der Waals surface area contributed by atoms with Crippen molar-refractivity contribution in [3.63, 3.8) is 0 Å². The van der Waals surface area contributed by atoms with Gasteiger partial charge in [0.1, 0.15) is 6.04 Å². The number of carbonyl (C=O) groups is 2. The highest BCUT2D eigenvalue weighted by molar-refractivity contribution is 5.88. The molecule has 0 bridgehead atoms. The molecule has 172 valence electrons. The van der Waals surface area contributed by atoms with Crippen molar-refractivity contribution in [1.29, 1.82) is 0 Å². The molecule has 2 amide bonds. The Balaban J connectivity index is 1.97. The molecule has 0 aliphatic carbocycles. The summed E-state index contributed by atoms with van der Waals surface area (Å²) in [6.07, 6.45) is 0.732. The van der Waals surface area contributed by atoms with Crippen LogP contribution in [0.1, 0.15) is 40.3 Å². The summed E-state index contributed by atoms with van der Waals surface area (Å²) in [5, 5.41) is 2.95. The number of likely N-dealkylation sites (N-methyl/N-ethyl adjacent to an activating group) is 1. The second-order valence-electron chi connectivity index (χ2n) is 8.78. The van der Waals surface area contributed by atoms with Gasteiger partial charge in [0.15, 0.2) is 0 Å². The van der Waals surface area contributed by atoms with Gasteiger partial charge in [-0.15, -0.1) is 0 Å². The van der Waals surface area contributed by atoms with Crippen LogP contribution < -0.4 is 5.32 Å². The van der Waals surface area contributed by atoms with E-state index in [0.29, 0.717) is 19.5 Å². The standard InChI is InChI=1S/C29H34N2O2/c1-5-30-29(33)27(18-24-11-7-6-8-12-24)31(20-25-13-9-10-21(2)15-25)28(32)19-26-16-22(3)14-23(4)17-26/h6-17,27H,5,18-20H2,1-4H3,(H,30,33)/t27-/m0/s1. The lowest BCUT2D eigenvalue weighted by Gasteiger charge is -2.31. The second-order valence-corrected chi connectivity index (χ2v) is 8.78. The normalized spacial score (nSPS) is 11.6. The van der Waals surface area contributed by atoms with E-state index in [1.54, 1.807) is 4.90 Å². The van der Waals surface area contributed by atoms with Gasteiger partial charge >= 0.3 is 0 Å². The maximum absolute atomic E-state index is 13.7. The van der Waals surface area contributed by atoms with Gasteiger partial charge in [-0.25, -0.2) is 0 Å². The molecule has 0 unspecified atom stereocenters. The molecule has 1 N–H and O–H groups in total. The number of benzene rings is 3. The molecule has 33 heavy (non-hydrogen) atoms. The summed E-state index contributed by atoms with van der Waals surface area (Å²) in [5.41, 5.74) is 6.42. The molecule has 0 radical (unpaired) electrons. The molecule has 1 atom stereocenters. The lowest BCUT2D eigenvalue weighted by molar-refractivity contribution is -0.140. The molecule has 0 saturated carbocycles. The van der Waals surface area contributed by atoms with Gasteiger partial charge in [0, 0.05) is 19.5 Å². The highest BCUT2D eigenvalue weighted by Crippen LogP contribution is 2.18. The van der Waals surface area contributed by atoms with Crippen LogP contribution in [0.5, 0.6) is 0 Å². The molecule has 0 saturated heterocycles. The number of amides is 2. The summed E-state index contributed by atoms with van der Waals surface area (Å²) < 4.78 is 0. The van der Waals surface area contributed by atoms with E-state index >= 15 is 0 Å². The molecule has 0 heterocycles. The number of carbonyl (C=O) groups excluding carboxylic acids is 2. The molecule has 3 aromatic rings. The Bertz CT molecular complexity index is 1070. The Morgan fingerprint density at radius 2 is 1.42 bits per heavy atom. The Kier molecular flexibility index (Phi) is 8.42. The number of nitrogens with zero attached hydrogens (tertiary/aromatic N) is 1. The third kappa shape index (κ3) is 7.04. The van der Waals surface area contributed by atoms with E-state index in [9.17, 15) is 9.59 Å². The predicted octanol–water partition coefficient (Wildman–Crippen LogP) is 4.93. The van der Waals surface area contributed by atoms with Crippen molar-refractivity contribution >= 4 is 11.8 Å². The Hall–Kier alpha value is -3.40. The Morgan fingerprint density at radius 3 is 2.06 bits per heavy atom. The first kappa shape index (κ1) is 24.2. The van der Waals surface area contributed by atoms with Gasteiger partial charge in [-0.05, 0) is 44.4 Å². The number of hydrogen-bond donors (Lipinski definition) is 1. The van der Waals surface area contributed by atoms with Gasteiger partial charge < -0.3 is 10.2 Å². The van der Waals surface area contributed by atoms with E-state index in [2.05, 4.69) is 17.4 Å². The average Bonchev–Trinajstić information content (AvgIpc) is 2.76. The van der Waals surface area contributed by atoms with Gasteiger partial charge in [0.25, 0.3) is 0 Å². The van der Waals surface area contributed by atoms with E-state index in [-0.39, 0.29) is 18.2 Å². The van der Waals surface area contributed by atoms with Crippen molar-refractivity contribution in [2.75, 3.05) is 6.54 Å². The minimum absolute atomic E-state index is 0.0475. The molecule has 3 rings (SSSR count). The molecule has 4 heteroatoms. The SMILES string of the molecule is CCNC(=O)[C@H](Cc1ccccc1)N(Cc1cccc(C)c1)C(=O)Cc1cc(C)cc(C)c1. The van der Waals surface area contributed by atoms with Crippen LogP contribution in [0.15, 0.2) is 72.8 Å². The maximum atomic E-state index is 13.7. The van der Waals surface area contributed by atoms with E-state index in [1.807, 2.05) is 88.4 Å². The van der Waals surface area contributed by atoms with Crippen molar-refractivity contribution in [2.45, 2.75) is 53.1 Å². The van der Waals surface area contributed by atoms with Crippen molar-refractivity contribution < 1.29 is 9.59 Å². The van der Waals surface area contributed by atoms with Gasteiger partial charge in [-0.1, -0.05) is 89.5 Å². The monoisotopic (exact) mass is 442 g/mol. The summed E-state index contributed by atoms with van der Waals surface area (Å²) in [5.74, 6) is -0.170. The molecular weight excluding hydrogens is 408 g/mol. The first-order chi connectivity index (χ1) is 15.9. The molecule has 0 aliphatic heterocycles. The fraction of sp³-hybridized carbons (Fsp3) is 0.310. The van der Waals surface area contributed by atoms with Crippen LogP contribution in [0.25, 0.3) is 0 Å². The summed E-state index contributed by atoms with van der Waals surface area (Å²) in [7, 11) is 0. The Morgan fingerprint density at radius 1 is 0.788 bits per heavy atom. The fourth-order valence-corrected chi connectivity index (χ4v) is 4.30. The second kappa shape index (κ2) is 11.5. The minimum Gasteiger partial charge on any atom is -0.355 e. The molecule has 0 fully saturated rings. The first-order valence-corrected chi connectivity index (χ1v) is 11.6. The van der Waals surface area contributed by atoms with Crippen LogP contribution in [-0.2, 0) is 29.0 Å². The van der Waals surface area contributed by atoms with Gasteiger partial charge in [0.05, 0.1) is 6.42 Å². The quantitative estimate of drug-likeness (QED) is 0.511. The topological polar surface area (TPSA) is 49.4 Å². The molecule has 0 spiro atoms. The predicted molar refractivity (Wildman–Crippen MR) is 134 cm³/mol. The van der Waals surface area contributed by atoms with Crippen LogP contribution in [-0.4, -0.2) is 29.3 Å². The van der Waals surface area contributed by atoms with Crippen LogP contribution in [0.2, 0.25) is 0 Å². The highest BCUT2D eigenvalue weighted by Gasteiger charge is 2.30. The zero-order valence-electron chi connectivity index (χ0n) is 20.1. The zero-order chi connectivity index (χ0) is 23.8. The number of rotatable bonds is 9. The molecule has 4 nitrogen and oxygen atoms in total. The number of nitrogens with one attached hydrogen (secondary N) is 1. The third-order valence-corrected chi connectivity index (χ3v) is 5.69. The molecular formula is C29H34N2O2. The molecule has 3 aromatic carbocycles. The van der Waals surface area contributed by atoms with Crippen molar-refractivity contribution in [3.8, 4) is 0 Å². The highest BCUT2D eigenvalue weighted by atomic mass is 16.2. The minimum atomic E-state index is -0.591. The summed E-state index contributed by atoms with van der Waals surface area (Å²) in [4.78, 5) is 28.7. The van der Waals surface area contributed by atoms with E-state index in [4.69, 9.17) is 0 Å². The van der Waals surface area contributed by atoms with Crippen molar-refractivity contribution in [2.24, 2.45) is 0 Å². The van der Waals surface area contributed by atoms with E-state index in [0.717, 1.165) is 33.4 Å². The van der Waals surface area contributed by atoms with Crippen LogP contribution in [0.4, 0.5) is 0 Å². The maximum Gasteiger partial charge on any atom is 0.243 e. The summed E-state index contributed by atoms with van der Waals surface area (Å²) >= 11 is 0. The number of hydrogen-bond acceptors (Lipinski definition) is 2. The van der Waals surface area contributed by atoms with Gasteiger partial charge in [0.2, 0.25) is 11.8 Å². The molecule has 0 aromatic heterocycles. The fourth-order valence-electron chi connectivity index (χ4n) is 4.30. The van der Waals surface area contributed by atoms with Crippen LogP contribution in [0.3, 0.4) is 0 Å². The van der Waals surface area contributed by atoms with Gasteiger partial charge in [-0.3, -0.25) is 9.59 Å². The van der Waals surface area contributed by atoms with Gasteiger partial charge in [-0.2, -0.15) is 0 Å². The van der Waals surface area contributed by atoms with E-state index < -0.39 is 6.04 Å². The first-order valence-electron chi connectivity index (χ1n) is 11.6. The number of aryl methyl sites for hydroxylation is 3. The lowest BCUT2D eigenvalue weighted by atomic mass is 10.00. The summed E-state index contributed by atoms with van der Waals surface area (Å²) in [6.45, 7) is 8.93. The third-order valence-electron chi connectivity index (χ3n) is 5.69. The average molecular weight is 443 g/mol. The Labute approximate surface area is 197 Å². The largest absolute Gasteiger partial charge is 0.355 e. The van der Waals surface area contributed by atoms with Crippen LogP contribution >= 0.6 is 0 Å². The zero-order valence-corrected chi connectivity index (χ0v) is 20.1. The molecule has 0 aliphatic rings. The lowest BCUT2D eigenvalue weighted by Crippen LogP contribution is -2.51.